The molecule has 0 amide bonds. The maximum atomic E-state index is 11.8. The quantitative estimate of drug-likeness (QED) is 0.484. The number of carboxylic acids is 1. The number of hydrogen-bond donors (Lipinski definition) is 3. The number of aliphatic carboxylic acids is 1. The van der Waals surface area contributed by atoms with Crippen LogP contribution < -0.4 is 5.56 Å². The van der Waals surface area contributed by atoms with Gasteiger partial charge in [0.1, 0.15) is 5.82 Å². The van der Waals surface area contributed by atoms with E-state index in [1.807, 2.05) is 38.4 Å². The van der Waals surface area contributed by atoms with E-state index >= 15 is 0 Å². The summed E-state index contributed by atoms with van der Waals surface area (Å²) in [6.45, 7) is 4.85. The minimum absolute atomic E-state index is 0.118. The molecule has 8 nitrogen and oxygen atoms in total. The summed E-state index contributed by atoms with van der Waals surface area (Å²) in [5.74, 6) is -1.01. The maximum Gasteiger partial charge on any atom is 0.309 e. The number of aliphatic hydroxyl groups is 1. The Labute approximate surface area is 181 Å². The second-order valence-corrected chi connectivity index (χ2v) is 8.34. The van der Waals surface area contributed by atoms with Gasteiger partial charge in [-0.2, -0.15) is 0 Å². The van der Waals surface area contributed by atoms with Gasteiger partial charge in [-0.1, -0.05) is 6.07 Å². The van der Waals surface area contributed by atoms with E-state index in [9.17, 15) is 19.8 Å². The van der Waals surface area contributed by atoms with E-state index in [-0.39, 0.29) is 5.56 Å². The van der Waals surface area contributed by atoms with Crippen molar-refractivity contribution >= 4 is 17.0 Å². The number of aryl methyl sites for hydroxylation is 2. The highest BCUT2D eigenvalue weighted by Crippen LogP contribution is 2.26. The number of rotatable bonds is 9. The topological polar surface area (TPSA) is 111 Å². The number of benzene rings is 1. The molecule has 8 heteroatoms. The predicted molar refractivity (Wildman–Crippen MR) is 120 cm³/mol. The largest absolute Gasteiger partial charge is 0.481 e. The van der Waals surface area contributed by atoms with E-state index in [0.717, 1.165) is 41.1 Å². The van der Waals surface area contributed by atoms with Crippen molar-refractivity contribution in [3.63, 3.8) is 0 Å². The van der Waals surface area contributed by atoms with Crippen molar-refractivity contribution < 1.29 is 15.0 Å². The van der Waals surface area contributed by atoms with Crippen LogP contribution in [0.5, 0.6) is 0 Å². The highest BCUT2D eigenvalue weighted by Gasteiger charge is 2.23. The second-order valence-electron chi connectivity index (χ2n) is 8.34. The highest BCUT2D eigenvalue weighted by atomic mass is 16.4. The lowest BCUT2D eigenvalue weighted by Crippen LogP contribution is -2.26. The number of imidazole rings is 1. The lowest BCUT2D eigenvalue weighted by atomic mass is 9.95. The van der Waals surface area contributed by atoms with Crippen LogP contribution in [0.3, 0.4) is 0 Å². The number of aromatic nitrogens is 3. The molecule has 3 aromatic rings. The van der Waals surface area contributed by atoms with Gasteiger partial charge in [-0.3, -0.25) is 9.59 Å². The Morgan fingerprint density at radius 3 is 2.65 bits per heavy atom. The summed E-state index contributed by atoms with van der Waals surface area (Å²) in [6.07, 6.45) is 1.67. The number of nitrogens with one attached hydrogen (secondary N) is 1. The summed E-state index contributed by atoms with van der Waals surface area (Å²) in [5.41, 5.74) is 4.12. The molecular formula is C23H30N4O4. The molecule has 0 saturated carbocycles. The first-order valence-electron chi connectivity index (χ1n) is 10.4. The van der Waals surface area contributed by atoms with Crippen molar-refractivity contribution in [1.29, 1.82) is 0 Å². The molecule has 31 heavy (non-hydrogen) atoms. The fourth-order valence-electron chi connectivity index (χ4n) is 3.70. The molecule has 0 aliphatic heterocycles. The van der Waals surface area contributed by atoms with Crippen LogP contribution in [0.4, 0.5) is 0 Å². The van der Waals surface area contributed by atoms with Gasteiger partial charge < -0.3 is 24.7 Å². The number of likely N-dealkylation sites (N-methyl/N-ethyl adjacent to an activating group) is 1. The van der Waals surface area contributed by atoms with E-state index in [0.29, 0.717) is 18.4 Å². The number of aliphatic hydroxyl groups excluding tert-OH is 1. The van der Waals surface area contributed by atoms with Gasteiger partial charge in [0.2, 0.25) is 0 Å². The van der Waals surface area contributed by atoms with Crippen LogP contribution in [0, 0.1) is 12.8 Å². The minimum Gasteiger partial charge on any atom is -0.481 e. The summed E-state index contributed by atoms with van der Waals surface area (Å²) in [4.78, 5) is 32.9. The third kappa shape index (κ3) is 5.21. The first-order chi connectivity index (χ1) is 14.7. The van der Waals surface area contributed by atoms with Gasteiger partial charge >= 0.3 is 5.97 Å². The Kier molecular flexibility index (Phi) is 6.92. The van der Waals surface area contributed by atoms with Crippen molar-refractivity contribution in [2.45, 2.75) is 39.3 Å². The Hall–Kier alpha value is -2.97. The van der Waals surface area contributed by atoms with Crippen molar-refractivity contribution in [3.8, 4) is 11.4 Å². The van der Waals surface area contributed by atoms with Crippen LogP contribution in [-0.4, -0.2) is 62.4 Å². The third-order valence-electron chi connectivity index (χ3n) is 5.57. The lowest BCUT2D eigenvalue weighted by Gasteiger charge is -2.15. The van der Waals surface area contributed by atoms with E-state index in [2.05, 4.69) is 14.5 Å². The fourth-order valence-corrected chi connectivity index (χ4v) is 3.70. The molecule has 0 spiro atoms. The minimum atomic E-state index is -0.986. The molecule has 2 aromatic heterocycles. The standard InChI is InChI=1S/C23H30N4O4/c1-14-11-17(13-24-22(14)29)21-25-19-12-16(5-7-18(15(2)28)23(30)31)6-8-20(19)27(21)10-9-26(3)4/h6,8,11-13,15,18,28H,5,7,9-10H2,1-4H3,(H,24,29)(H,30,31)/t15-,18+/m1/s1. The SMILES string of the molecule is Cc1cc(-c2nc3cc(CC[C@H](C(=O)O)[C@@H](C)O)ccc3n2CCN(C)C)c[nH]c1=O. The van der Waals surface area contributed by atoms with Gasteiger partial charge in [-0.25, -0.2) is 4.98 Å². The molecule has 0 unspecified atom stereocenters. The van der Waals surface area contributed by atoms with E-state index in [4.69, 9.17) is 4.98 Å². The molecule has 166 valence electrons. The molecule has 1 aromatic carbocycles. The average Bonchev–Trinajstić information content (AvgIpc) is 3.05. The molecule has 0 fully saturated rings. The molecular weight excluding hydrogens is 396 g/mol. The van der Waals surface area contributed by atoms with Crippen LogP contribution in [0.15, 0.2) is 35.3 Å². The average molecular weight is 427 g/mol. The molecule has 3 N–H and O–H groups in total. The fraction of sp³-hybridized carbons (Fsp3) is 0.435. The molecule has 3 rings (SSSR count). The van der Waals surface area contributed by atoms with E-state index < -0.39 is 18.0 Å². The summed E-state index contributed by atoms with van der Waals surface area (Å²) >= 11 is 0. The Balaban J connectivity index is 1.99. The van der Waals surface area contributed by atoms with Gasteiger partial charge in [0.25, 0.3) is 5.56 Å². The first kappa shape index (κ1) is 22.7. The van der Waals surface area contributed by atoms with Gasteiger partial charge in [-0.05, 0) is 64.5 Å². The van der Waals surface area contributed by atoms with Crippen LogP contribution in [0.2, 0.25) is 0 Å². The lowest BCUT2D eigenvalue weighted by molar-refractivity contribution is -0.145. The number of hydrogen-bond acceptors (Lipinski definition) is 5. The molecule has 0 aliphatic rings. The Bertz CT molecular complexity index is 1130. The van der Waals surface area contributed by atoms with Crippen LogP contribution >= 0.6 is 0 Å². The summed E-state index contributed by atoms with van der Waals surface area (Å²) in [5, 5.41) is 19.0. The Morgan fingerprint density at radius 1 is 1.29 bits per heavy atom. The summed E-state index contributed by atoms with van der Waals surface area (Å²) in [7, 11) is 4.03. The Morgan fingerprint density at radius 2 is 2.03 bits per heavy atom. The van der Waals surface area contributed by atoms with Crippen molar-refractivity contribution in [2.24, 2.45) is 5.92 Å². The van der Waals surface area contributed by atoms with E-state index in [1.165, 1.54) is 6.92 Å². The van der Waals surface area contributed by atoms with Crippen LogP contribution in [0.1, 0.15) is 24.5 Å². The number of aromatic amines is 1. The van der Waals surface area contributed by atoms with Crippen LogP contribution in [-0.2, 0) is 17.8 Å². The molecule has 2 atom stereocenters. The molecule has 0 saturated heterocycles. The number of pyridine rings is 1. The molecule has 0 radical (unpaired) electrons. The van der Waals surface area contributed by atoms with Gasteiger partial charge in [0.15, 0.2) is 0 Å². The number of carbonyl (C=O) groups is 1. The monoisotopic (exact) mass is 426 g/mol. The van der Waals surface area contributed by atoms with Crippen LogP contribution in [0.25, 0.3) is 22.4 Å². The van der Waals surface area contributed by atoms with Crippen molar-refractivity contribution in [3.05, 3.63) is 51.9 Å². The number of fused-ring (bicyclic) bond motifs is 1. The van der Waals surface area contributed by atoms with Gasteiger partial charge in [0, 0.05) is 30.4 Å². The zero-order valence-corrected chi connectivity index (χ0v) is 18.4. The first-order valence-corrected chi connectivity index (χ1v) is 10.4. The van der Waals surface area contributed by atoms with Gasteiger partial charge in [-0.15, -0.1) is 0 Å². The molecule has 0 bridgehead atoms. The maximum absolute atomic E-state index is 11.8. The second kappa shape index (κ2) is 9.45. The smallest absolute Gasteiger partial charge is 0.309 e. The number of nitrogens with zero attached hydrogens (tertiary/aromatic N) is 3. The summed E-state index contributed by atoms with van der Waals surface area (Å²) in [6, 6.07) is 7.81. The zero-order chi connectivity index (χ0) is 22.7. The molecule has 0 aliphatic carbocycles. The van der Waals surface area contributed by atoms with Crippen molar-refractivity contribution in [1.82, 2.24) is 19.4 Å². The molecule has 2 heterocycles. The van der Waals surface area contributed by atoms with Gasteiger partial charge in [0.05, 0.1) is 23.1 Å². The number of H-pyrrole nitrogens is 1. The van der Waals surface area contributed by atoms with E-state index in [1.54, 1.807) is 13.1 Å². The van der Waals surface area contributed by atoms with Crippen molar-refractivity contribution in [2.75, 3.05) is 20.6 Å². The normalized spacial score (nSPS) is 13.6. The third-order valence-corrected chi connectivity index (χ3v) is 5.57. The predicted octanol–water partition coefficient (Wildman–Crippen LogP) is 2.28. The zero-order valence-electron chi connectivity index (χ0n) is 18.4. The summed E-state index contributed by atoms with van der Waals surface area (Å²) < 4.78 is 2.14. The highest BCUT2D eigenvalue weighted by molar-refractivity contribution is 5.81. The number of carboxylic acid groups (broad SMARTS) is 1.